The number of nitrogens with zero attached hydrogens (tertiary/aromatic N) is 3. The van der Waals surface area contributed by atoms with E-state index in [1.165, 1.54) is 0 Å². The third kappa shape index (κ3) is 3.43. The normalized spacial score (nSPS) is 13.1. The van der Waals surface area contributed by atoms with Crippen LogP contribution in [-0.4, -0.2) is 32.5 Å². The molecule has 0 radical (unpaired) electrons. The number of aliphatic hydroxyl groups is 1. The lowest BCUT2D eigenvalue weighted by molar-refractivity contribution is 0.190. The van der Waals surface area contributed by atoms with E-state index in [1.54, 1.807) is 13.3 Å². The minimum atomic E-state index is -0.322. The van der Waals surface area contributed by atoms with Crippen molar-refractivity contribution >= 4 is 0 Å². The lowest BCUT2D eigenvalue weighted by atomic mass is 10.4. The zero-order chi connectivity index (χ0) is 10.4. The Bertz CT molecular complexity index is 259. The van der Waals surface area contributed by atoms with Gasteiger partial charge in [0.25, 0.3) is 0 Å². The molecule has 5 heteroatoms. The van der Waals surface area contributed by atoms with Crippen molar-refractivity contribution in [2.75, 3.05) is 6.54 Å². The summed E-state index contributed by atoms with van der Waals surface area (Å²) in [5.41, 5.74) is 0. The number of hydrogen-bond acceptors (Lipinski definition) is 4. The van der Waals surface area contributed by atoms with Crippen LogP contribution in [0.2, 0.25) is 0 Å². The Labute approximate surface area is 84.2 Å². The van der Waals surface area contributed by atoms with E-state index >= 15 is 0 Å². The van der Waals surface area contributed by atoms with E-state index in [0.29, 0.717) is 13.1 Å². The first-order chi connectivity index (χ1) is 6.74. The average molecular weight is 198 g/mol. The van der Waals surface area contributed by atoms with Gasteiger partial charge >= 0.3 is 0 Å². The monoisotopic (exact) mass is 198 g/mol. The van der Waals surface area contributed by atoms with Crippen LogP contribution in [0.4, 0.5) is 0 Å². The minimum absolute atomic E-state index is 0.322. The molecule has 80 valence electrons. The van der Waals surface area contributed by atoms with E-state index in [2.05, 4.69) is 22.3 Å². The highest BCUT2D eigenvalue weighted by Crippen LogP contribution is 1.95. The van der Waals surface area contributed by atoms with Crippen LogP contribution in [0, 0.1) is 0 Å². The first-order valence-corrected chi connectivity index (χ1v) is 4.99. The molecule has 0 bridgehead atoms. The molecule has 0 amide bonds. The second-order valence-electron chi connectivity index (χ2n) is 3.38. The van der Waals surface area contributed by atoms with Crippen LogP contribution >= 0.6 is 0 Å². The van der Waals surface area contributed by atoms with Crippen LogP contribution < -0.4 is 5.32 Å². The molecule has 0 spiro atoms. The fourth-order valence-corrected chi connectivity index (χ4v) is 1.22. The fraction of sp³-hybridized carbons (Fsp3) is 0.778. The van der Waals surface area contributed by atoms with Crippen LogP contribution in [0.25, 0.3) is 0 Å². The first-order valence-electron chi connectivity index (χ1n) is 4.99. The number of aryl methyl sites for hydroxylation is 1. The summed E-state index contributed by atoms with van der Waals surface area (Å²) in [4.78, 5) is 4.14. The van der Waals surface area contributed by atoms with Gasteiger partial charge in [0, 0.05) is 13.1 Å². The van der Waals surface area contributed by atoms with E-state index in [0.717, 1.165) is 18.8 Å². The molecule has 14 heavy (non-hydrogen) atoms. The van der Waals surface area contributed by atoms with Gasteiger partial charge in [0.15, 0.2) is 0 Å². The van der Waals surface area contributed by atoms with Gasteiger partial charge < -0.3 is 10.4 Å². The Morgan fingerprint density at radius 1 is 1.64 bits per heavy atom. The Morgan fingerprint density at radius 3 is 3.07 bits per heavy atom. The third-order valence-electron chi connectivity index (χ3n) is 1.85. The zero-order valence-corrected chi connectivity index (χ0v) is 8.77. The molecule has 1 aromatic heterocycles. The largest absolute Gasteiger partial charge is 0.392 e. The highest BCUT2D eigenvalue weighted by molar-refractivity contribution is 4.83. The highest BCUT2D eigenvalue weighted by Gasteiger charge is 2.03. The topological polar surface area (TPSA) is 63.0 Å². The van der Waals surface area contributed by atoms with Crippen LogP contribution in [0.15, 0.2) is 6.33 Å². The number of hydrogen-bond donors (Lipinski definition) is 2. The van der Waals surface area contributed by atoms with Gasteiger partial charge in [-0.1, -0.05) is 6.92 Å². The molecule has 0 aromatic carbocycles. The van der Waals surface area contributed by atoms with Crippen molar-refractivity contribution in [2.24, 2.45) is 0 Å². The minimum Gasteiger partial charge on any atom is -0.392 e. The van der Waals surface area contributed by atoms with Crippen molar-refractivity contribution in [3.63, 3.8) is 0 Å². The standard InChI is InChI=1S/C9H18N4O/c1-3-4-13-9(11-7-12-13)6-10-5-8(2)14/h7-8,10,14H,3-6H2,1-2H3. The Hall–Kier alpha value is -0.940. The molecule has 1 aromatic rings. The summed E-state index contributed by atoms with van der Waals surface area (Å²) in [6, 6.07) is 0. The van der Waals surface area contributed by atoms with Gasteiger partial charge in [0.1, 0.15) is 12.2 Å². The third-order valence-corrected chi connectivity index (χ3v) is 1.85. The summed E-state index contributed by atoms with van der Waals surface area (Å²) in [7, 11) is 0. The quantitative estimate of drug-likeness (QED) is 0.683. The molecule has 1 unspecified atom stereocenters. The van der Waals surface area contributed by atoms with Gasteiger partial charge in [0.05, 0.1) is 12.6 Å². The fourth-order valence-electron chi connectivity index (χ4n) is 1.22. The lowest BCUT2D eigenvalue weighted by Crippen LogP contribution is -2.25. The van der Waals surface area contributed by atoms with E-state index in [9.17, 15) is 0 Å². The SMILES string of the molecule is CCCn1ncnc1CNCC(C)O. The molecule has 0 aliphatic carbocycles. The number of rotatable bonds is 6. The summed E-state index contributed by atoms with van der Waals surface area (Å²) >= 11 is 0. The molecule has 0 aliphatic heterocycles. The van der Waals surface area contributed by atoms with Gasteiger partial charge in [-0.25, -0.2) is 9.67 Å². The Morgan fingerprint density at radius 2 is 2.43 bits per heavy atom. The van der Waals surface area contributed by atoms with Crippen molar-refractivity contribution < 1.29 is 5.11 Å². The molecule has 0 fully saturated rings. The van der Waals surface area contributed by atoms with Crippen LogP contribution in [0.5, 0.6) is 0 Å². The van der Waals surface area contributed by atoms with Gasteiger partial charge in [-0.05, 0) is 13.3 Å². The summed E-state index contributed by atoms with van der Waals surface area (Å²) < 4.78 is 1.88. The second-order valence-corrected chi connectivity index (χ2v) is 3.38. The van der Waals surface area contributed by atoms with Crippen molar-refractivity contribution in [2.45, 2.75) is 39.5 Å². The van der Waals surface area contributed by atoms with Crippen LogP contribution in [-0.2, 0) is 13.1 Å². The number of aliphatic hydroxyl groups excluding tert-OH is 1. The maximum Gasteiger partial charge on any atom is 0.140 e. The molecular weight excluding hydrogens is 180 g/mol. The van der Waals surface area contributed by atoms with Crippen LogP contribution in [0.3, 0.4) is 0 Å². The van der Waals surface area contributed by atoms with Gasteiger partial charge in [0.2, 0.25) is 0 Å². The highest BCUT2D eigenvalue weighted by atomic mass is 16.3. The van der Waals surface area contributed by atoms with Crippen molar-refractivity contribution in [3.8, 4) is 0 Å². The molecule has 5 nitrogen and oxygen atoms in total. The molecule has 0 aliphatic rings. The first kappa shape index (κ1) is 11.1. The van der Waals surface area contributed by atoms with Crippen molar-refractivity contribution in [3.05, 3.63) is 12.2 Å². The lowest BCUT2D eigenvalue weighted by Gasteiger charge is -2.07. The van der Waals surface area contributed by atoms with E-state index in [1.807, 2.05) is 4.68 Å². The molecule has 1 heterocycles. The average Bonchev–Trinajstić information content (AvgIpc) is 2.53. The zero-order valence-electron chi connectivity index (χ0n) is 8.77. The molecule has 2 N–H and O–H groups in total. The Balaban J connectivity index is 2.37. The molecular formula is C9H18N4O. The molecule has 1 rings (SSSR count). The summed E-state index contributed by atoms with van der Waals surface area (Å²) in [5.74, 6) is 0.924. The second kappa shape index (κ2) is 5.72. The van der Waals surface area contributed by atoms with Crippen molar-refractivity contribution in [1.82, 2.24) is 20.1 Å². The number of nitrogens with one attached hydrogen (secondary N) is 1. The predicted molar refractivity (Wildman–Crippen MR) is 53.7 cm³/mol. The van der Waals surface area contributed by atoms with Gasteiger partial charge in [-0.2, -0.15) is 5.10 Å². The van der Waals surface area contributed by atoms with E-state index < -0.39 is 0 Å². The van der Waals surface area contributed by atoms with Gasteiger partial charge in [-0.15, -0.1) is 0 Å². The smallest absolute Gasteiger partial charge is 0.140 e. The Kier molecular flexibility index (Phi) is 4.55. The predicted octanol–water partition coefficient (Wildman–Crippen LogP) is 0.159. The van der Waals surface area contributed by atoms with Gasteiger partial charge in [-0.3, -0.25) is 0 Å². The van der Waals surface area contributed by atoms with E-state index in [4.69, 9.17) is 5.11 Å². The van der Waals surface area contributed by atoms with Crippen molar-refractivity contribution in [1.29, 1.82) is 0 Å². The summed E-state index contributed by atoms with van der Waals surface area (Å²) in [6.07, 6.45) is 2.29. The van der Waals surface area contributed by atoms with Crippen LogP contribution in [0.1, 0.15) is 26.1 Å². The maximum atomic E-state index is 9.05. The maximum absolute atomic E-state index is 9.05. The van der Waals surface area contributed by atoms with E-state index in [-0.39, 0.29) is 6.10 Å². The summed E-state index contributed by atoms with van der Waals surface area (Å²) in [6.45, 7) is 5.99. The molecule has 1 atom stereocenters. The molecule has 0 saturated carbocycles. The molecule has 0 saturated heterocycles. The summed E-state index contributed by atoms with van der Waals surface area (Å²) in [5, 5.41) is 16.3. The number of aromatic nitrogens is 3.